The number of carbonyl (C=O) groups is 1. The minimum absolute atomic E-state index is 0. The van der Waals surface area contributed by atoms with Crippen LogP contribution in [-0.2, 0) is 11.3 Å². The number of rotatable bonds is 7. The number of amides is 1. The number of thiazole rings is 1. The molecule has 164 valence electrons. The first-order valence-electron chi connectivity index (χ1n) is 9.98. The lowest BCUT2D eigenvalue weighted by molar-refractivity contribution is -0.135. The van der Waals surface area contributed by atoms with Crippen molar-refractivity contribution in [3.8, 4) is 22.8 Å². The van der Waals surface area contributed by atoms with Crippen LogP contribution in [0.1, 0.15) is 5.01 Å². The second-order valence-electron chi connectivity index (χ2n) is 7.11. The van der Waals surface area contributed by atoms with Gasteiger partial charge in [-0.05, 0) is 36.4 Å². The van der Waals surface area contributed by atoms with Crippen molar-refractivity contribution in [3.05, 3.63) is 65.0 Å². The molecule has 6 nitrogen and oxygen atoms in total. The van der Waals surface area contributed by atoms with Crippen molar-refractivity contribution in [2.45, 2.75) is 6.54 Å². The van der Waals surface area contributed by atoms with E-state index < -0.39 is 0 Å². The van der Waals surface area contributed by atoms with Crippen LogP contribution in [0.15, 0.2) is 60.0 Å². The van der Waals surface area contributed by atoms with Crippen molar-refractivity contribution in [2.24, 2.45) is 0 Å². The second-order valence-corrected chi connectivity index (χ2v) is 8.06. The Bertz CT molecular complexity index is 958. The van der Waals surface area contributed by atoms with Gasteiger partial charge in [-0.15, -0.1) is 23.7 Å². The van der Waals surface area contributed by atoms with E-state index in [0.29, 0.717) is 13.1 Å². The van der Waals surface area contributed by atoms with Gasteiger partial charge in [-0.2, -0.15) is 0 Å². The number of benzene rings is 2. The van der Waals surface area contributed by atoms with Gasteiger partial charge < -0.3 is 14.4 Å². The molecule has 1 saturated heterocycles. The summed E-state index contributed by atoms with van der Waals surface area (Å²) in [4.78, 5) is 21.4. The SMILES string of the molecule is COc1ccc(-c2csc(CN3CCN(C(=O)COc4ccccc4)CC3)n2)cc1.Cl. The lowest BCUT2D eigenvalue weighted by atomic mass is 10.2. The molecule has 0 bridgehead atoms. The van der Waals surface area contributed by atoms with E-state index in [0.717, 1.165) is 47.4 Å². The molecule has 0 radical (unpaired) electrons. The number of halogens is 1. The molecule has 0 spiro atoms. The molecule has 3 aromatic rings. The Hall–Kier alpha value is -2.61. The molecular formula is C23H26ClN3O3S. The maximum atomic E-state index is 12.4. The highest BCUT2D eigenvalue weighted by atomic mass is 35.5. The lowest BCUT2D eigenvalue weighted by Gasteiger charge is -2.34. The van der Waals surface area contributed by atoms with Gasteiger partial charge in [-0.1, -0.05) is 18.2 Å². The number of aromatic nitrogens is 1. The van der Waals surface area contributed by atoms with Crippen LogP contribution in [0, 0.1) is 0 Å². The normalized spacial score (nSPS) is 14.0. The maximum Gasteiger partial charge on any atom is 0.260 e. The summed E-state index contributed by atoms with van der Waals surface area (Å²) in [6.07, 6.45) is 0. The van der Waals surface area contributed by atoms with Gasteiger partial charge in [0.1, 0.15) is 16.5 Å². The first kappa shape index (κ1) is 23.1. The molecule has 1 aliphatic heterocycles. The summed E-state index contributed by atoms with van der Waals surface area (Å²) in [5.41, 5.74) is 2.08. The third kappa shape index (κ3) is 6.19. The molecule has 0 atom stereocenters. The van der Waals surface area contributed by atoms with Gasteiger partial charge in [-0.3, -0.25) is 9.69 Å². The molecule has 2 heterocycles. The topological polar surface area (TPSA) is 54.9 Å². The number of ether oxygens (including phenoxy) is 2. The van der Waals surface area contributed by atoms with E-state index in [1.807, 2.05) is 59.5 Å². The minimum atomic E-state index is 0. The smallest absolute Gasteiger partial charge is 0.260 e. The fourth-order valence-corrected chi connectivity index (χ4v) is 4.22. The Labute approximate surface area is 192 Å². The van der Waals surface area contributed by atoms with Gasteiger partial charge in [0.05, 0.1) is 19.3 Å². The summed E-state index contributed by atoms with van der Waals surface area (Å²) >= 11 is 1.68. The zero-order chi connectivity index (χ0) is 20.8. The van der Waals surface area contributed by atoms with Gasteiger partial charge in [0.25, 0.3) is 5.91 Å². The quantitative estimate of drug-likeness (QED) is 0.535. The fraction of sp³-hybridized carbons (Fsp3) is 0.304. The molecule has 31 heavy (non-hydrogen) atoms. The number of hydrogen-bond acceptors (Lipinski definition) is 6. The van der Waals surface area contributed by atoms with Crippen LogP contribution in [0.3, 0.4) is 0 Å². The van der Waals surface area contributed by atoms with E-state index >= 15 is 0 Å². The molecule has 1 amide bonds. The predicted octanol–water partition coefficient (Wildman–Crippen LogP) is 3.96. The Morgan fingerprint density at radius 1 is 1.00 bits per heavy atom. The Morgan fingerprint density at radius 3 is 2.39 bits per heavy atom. The number of carbonyl (C=O) groups excluding carboxylic acids is 1. The number of hydrogen-bond donors (Lipinski definition) is 0. The zero-order valence-electron chi connectivity index (χ0n) is 17.4. The van der Waals surface area contributed by atoms with Crippen molar-refractivity contribution in [3.63, 3.8) is 0 Å². The summed E-state index contributed by atoms with van der Waals surface area (Å²) in [6.45, 7) is 4.01. The third-order valence-corrected chi connectivity index (χ3v) is 5.96. The van der Waals surface area contributed by atoms with Gasteiger partial charge in [-0.25, -0.2) is 4.98 Å². The average molecular weight is 460 g/mol. The molecule has 2 aromatic carbocycles. The van der Waals surface area contributed by atoms with E-state index in [-0.39, 0.29) is 24.9 Å². The van der Waals surface area contributed by atoms with E-state index in [4.69, 9.17) is 14.5 Å². The van der Waals surface area contributed by atoms with E-state index in [1.165, 1.54) is 0 Å². The monoisotopic (exact) mass is 459 g/mol. The third-order valence-electron chi connectivity index (χ3n) is 5.13. The number of nitrogens with zero attached hydrogens (tertiary/aromatic N) is 3. The molecule has 0 unspecified atom stereocenters. The summed E-state index contributed by atoms with van der Waals surface area (Å²) in [5, 5.41) is 3.19. The lowest BCUT2D eigenvalue weighted by Crippen LogP contribution is -2.49. The molecule has 1 fully saturated rings. The molecule has 4 rings (SSSR count). The van der Waals surface area contributed by atoms with Crippen LogP contribution < -0.4 is 9.47 Å². The Kier molecular flexibility index (Phi) is 8.28. The summed E-state index contributed by atoms with van der Waals surface area (Å²) in [5.74, 6) is 1.60. The highest BCUT2D eigenvalue weighted by molar-refractivity contribution is 7.09. The van der Waals surface area contributed by atoms with Gasteiger partial charge in [0.15, 0.2) is 6.61 Å². The van der Waals surface area contributed by atoms with Crippen LogP contribution >= 0.6 is 23.7 Å². The van der Waals surface area contributed by atoms with Crippen molar-refractivity contribution in [1.82, 2.24) is 14.8 Å². The molecule has 0 aliphatic carbocycles. The first-order chi connectivity index (χ1) is 14.7. The largest absolute Gasteiger partial charge is 0.497 e. The molecule has 0 N–H and O–H groups in total. The van der Waals surface area contributed by atoms with Crippen LogP contribution in [0.2, 0.25) is 0 Å². The second kappa shape index (κ2) is 11.1. The number of para-hydroxylation sites is 1. The standard InChI is InChI=1S/C23H25N3O3S.ClH/c1-28-19-9-7-18(8-10-19)21-17-30-22(24-21)15-25-11-13-26(14-12-25)23(27)16-29-20-5-3-2-4-6-20;/h2-10,17H,11-16H2,1H3;1H. The molecular weight excluding hydrogens is 434 g/mol. The van der Waals surface area contributed by atoms with Gasteiger partial charge >= 0.3 is 0 Å². The fourth-order valence-electron chi connectivity index (χ4n) is 3.38. The minimum Gasteiger partial charge on any atom is -0.497 e. The van der Waals surface area contributed by atoms with Crippen LogP contribution in [0.4, 0.5) is 0 Å². The van der Waals surface area contributed by atoms with Crippen LogP contribution in [0.25, 0.3) is 11.3 Å². The summed E-state index contributed by atoms with van der Waals surface area (Å²) in [7, 11) is 1.67. The van der Waals surface area contributed by atoms with E-state index in [2.05, 4.69) is 10.3 Å². The number of methoxy groups -OCH3 is 1. The molecule has 1 aromatic heterocycles. The molecule has 8 heteroatoms. The predicted molar refractivity (Wildman–Crippen MR) is 125 cm³/mol. The van der Waals surface area contributed by atoms with Crippen molar-refractivity contribution < 1.29 is 14.3 Å². The van der Waals surface area contributed by atoms with Gasteiger partial charge in [0, 0.05) is 37.1 Å². The van der Waals surface area contributed by atoms with Crippen molar-refractivity contribution >= 4 is 29.7 Å². The maximum absolute atomic E-state index is 12.4. The first-order valence-corrected chi connectivity index (χ1v) is 10.9. The Balaban J connectivity index is 0.00000272. The number of piperazine rings is 1. The van der Waals surface area contributed by atoms with Crippen molar-refractivity contribution in [2.75, 3.05) is 39.9 Å². The highest BCUT2D eigenvalue weighted by Crippen LogP contribution is 2.25. The van der Waals surface area contributed by atoms with E-state index in [1.54, 1.807) is 18.4 Å². The summed E-state index contributed by atoms with van der Waals surface area (Å²) in [6, 6.07) is 17.4. The summed E-state index contributed by atoms with van der Waals surface area (Å²) < 4.78 is 10.8. The van der Waals surface area contributed by atoms with Crippen molar-refractivity contribution in [1.29, 1.82) is 0 Å². The Morgan fingerprint density at radius 2 is 1.71 bits per heavy atom. The van der Waals surface area contributed by atoms with Crippen LogP contribution in [-0.4, -0.2) is 60.6 Å². The van der Waals surface area contributed by atoms with Gasteiger partial charge in [0.2, 0.25) is 0 Å². The highest BCUT2D eigenvalue weighted by Gasteiger charge is 2.22. The van der Waals surface area contributed by atoms with Crippen LogP contribution in [0.5, 0.6) is 11.5 Å². The average Bonchev–Trinajstić information content (AvgIpc) is 3.27. The zero-order valence-corrected chi connectivity index (χ0v) is 19.0. The molecule has 1 aliphatic rings. The van der Waals surface area contributed by atoms with E-state index in [9.17, 15) is 4.79 Å². The molecule has 0 saturated carbocycles.